The molecule has 0 aliphatic heterocycles. The van der Waals surface area contributed by atoms with Crippen LogP contribution in [0.2, 0.25) is 0 Å². The second-order valence-electron chi connectivity index (χ2n) is 2.45. The Morgan fingerprint density at radius 2 is 2.23 bits per heavy atom. The molecule has 13 heavy (non-hydrogen) atoms. The van der Waals surface area contributed by atoms with Gasteiger partial charge < -0.3 is 0 Å². The quantitative estimate of drug-likeness (QED) is 0.538. The van der Waals surface area contributed by atoms with Crippen LogP contribution in [0.25, 0.3) is 5.65 Å². The first kappa shape index (κ1) is 9.14. The van der Waals surface area contributed by atoms with Gasteiger partial charge in [0.25, 0.3) is 5.56 Å². The Hall–Kier alpha value is -0.430. The largest absolute Gasteiger partial charge is 0.272 e. The van der Waals surface area contributed by atoms with Gasteiger partial charge >= 0.3 is 0 Å². The lowest BCUT2D eigenvalue weighted by Crippen LogP contribution is -2.17. The highest BCUT2D eigenvalue weighted by atomic mass is 127. The van der Waals surface area contributed by atoms with Crippen molar-refractivity contribution in [3.05, 3.63) is 42.9 Å². The Balaban J connectivity index is 3.03. The van der Waals surface area contributed by atoms with E-state index in [1.54, 1.807) is 18.3 Å². The first-order valence-electron chi connectivity index (χ1n) is 3.52. The van der Waals surface area contributed by atoms with Crippen LogP contribution in [0.3, 0.4) is 0 Å². The third-order valence-corrected chi connectivity index (χ3v) is 3.93. The van der Waals surface area contributed by atoms with Gasteiger partial charge in [0.2, 0.25) is 0 Å². The highest BCUT2D eigenvalue weighted by Gasteiger charge is 2.05. The molecule has 0 aromatic carbocycles. The standard InChI is InChI=1S/C8H4BrIN2O/c9-7-6(10)8(13)12-4-2-1-3-5(12)11-7/h1-4H. The molecular weight excluding hydrogens is 347 g/mol. The molecule has 0 saturated carbocycles. The number of rotatable bonds is 0. The summed E-state index contributed by atoms with van der Waals surface area (Å²) in [5, 5.41) is 0. The van der Waals surface area contributed by atoms with E-state index in [9.17, 15) is 4.79 Å². The zero-order valence-corrected chi connectivity index (χ0v) is 10.1. The Labute approximate surface area is 96.1 Å². The van der Waals surface area contributed by atoms with Crippen LogP contribution in [-0.4, -0.2) is 9.38 Å². The summed E-state index contributed by atoms with van der Waals surface area (Å²) in [4.78, 5) is 15.8. The van der Waals surface area contributed by atoms with Gasteiger partial charge in [0.05, 0.1) is 0 Å². The zero-order valence-electron chi connectivity index (χ0n) is 6.37. The number of pyridine rings is 1. The van der Waals surface area contributed by atoms with E-state index in [4.69, 9.17) is 0 Å². The highest BCUT2D eigenvalue weighted by Crippen LogP contribution is 2.12. The molecule has 0 unspecified atom stereocenters. The smallest absolute Gasteiger partial charge is 0.268 e. The van der Waals surface area contributed by atoms with Gasteiger partial charge in [0.15, 0.2) is 0 Å². The maximum atomic E-state index is 11.6. The molecule has 0 N–H and O–H groups in total. The van der Waals surface area contributed by atoms with E-state index in [0.717, 1.165) is 0 Å². The Kier molecular flexibility index (Phi) is 2.37. The Morgan fingerprint density at radius 1 is 1.46 bits per heavy atom. The van der Waals surface area contributed by atoms with E-state index in [0.29, 0.717) is 13.8 Å². The average molecular weight is 351 g/mol. The van der Waals surface area contributed by atoms with E-state index in [1.165, 1.54) is 4.40 Å². The van der Waals surface area contributed by atoms with Crippen LogP contribution in [0.15, 0.2) is 33.8 Å². The van der Waals surface area contributed by atoms with Crippen molar-refractivity contribution < 1.29 is 0 Å². The van der Waals surface area contributed by atoms with Crippen LogP contribution < -0.4 is 5.56 Å². The number of fused-ring (bicyclic) bond motifs is 1. The summed E-state index contributed by atoms with van der Waals surface area (Å²) in [7, 11) is 0. The van der Waals surface area contributed by atoms with Crippen molar-refractivity contribution in [3.8, 4) is 0 Å². The third kappa shape index (κ3) is 1.50. The average Bonchev–Trinajstić information content (AvgIpc) is 2.15. The lowest BCUT2D eigenvalue weighted by molar-refractivity contribution is 1.01. The molecule has 5 heteroatoms. The minimum Gasteiger partial charge on any atom is -0.268 e. The van der Waals surface area contributed by atoms with Gasteiger partial charge in [-0.2, -0.15) is 0 Å². The zero-order chi connectivity index (χ0) is 9.42. The molecule has 66 valence electrons. The summed E-state index contributed by atoms with van der Waals surface area (Å²) in [5.74, 6) is 0. The fourth-order valence-electron chi connectivity index (χ4n) is 1.04. The predicted octanol–water partition coefficient (Wildman–Crippen LogP) is 2.06. The van der Waals surface area contributed by atoms with Gasteiger partial charge in [-0.3, -0.25) is 9.20 Å². The van der Waals surface area contributed by atoms with Crippen molar-refractivity contribution in [1.29, 1.82) is 0 Å². The van der Waals surface area contributed by atoms with Crippen LogP contribution in [-0.2, 0) is 0 Å². The normalized spacial score (nSPS) is 10.6. The second-order valence-corrected chi connectivity index (χ2v) is 4.28. The summed E-state index contributed by atoms with van der Waals surface area (Å²) >= 11 is 5.21. The summed E-state index contributed by atoms with van der Waals surface area (Å²) in [6, 6.07) is 5.45. The third-order valence-electron chi connectivity index (χ3n) is 1.64. The molecule has 2 aromatic heterocycles. The molecule has 0 amide bonds. The van der Waals surface area contributed by atoms with Crippen LogP contribution in [0.4, 0.5) is 0 Å². The number of hydrogen-bond acceptors (Lipinski definition) is 2. The van der Waals surface area contributed by atoms with Crippen molar-refractivity contribution in [2.75, 3.05) is 0 Å². The summed E-state index contributed by atoms with van der Waals surface area (Å²) < 4.78 is 2.72. The predicted molar refractivity (Wildman–Crippen MR) is 61.9 cm³/mol. The molecule has 0 spiro atoms. The maximum Gasteiger partial charge on any atom is 0.272 e. The first-order valence-corrected chi connectivity index (χ1v) is 5.40. The van der Waals surface area contributed by atoms with E-state index in [2.05, 4.69) is 20.9 Å². The van der Waals surface area contributed by atoms with Crippen LogP contribution in [0.5, 0.6) is 0 Å². The van der Waals surface area contributed by atoms with Gasteiger partial charge in [-0.15, -0.1) is 0 Å². The van der Waals surface area contributed by atoms with Crippen molar-refractivity contribution in [2.24, 2.45) is 0 Å². The topological polar surface area (TPSA) is 34.4 Å². The van der Waals surface area contributed by atoms with Crippen LogP contribution in [0, 0.1) is 3.57 Å². The van der Waals surface area contributed by atoms with Crippen LogP contribution in [0.1, 0.15) is 0 Å². The van der Waals surface area contributed by atoms with E-state index in [-0.39, 0.29) is 5.56 Å². The van der Waals surface area contributed by atoms with Gasteiger partial charge in [0.1, 0.15) is 13.8 Å². The van der Waals surface area contributed by atoms with Crippen LogP contribution >= 0.6 is 38.5 Å². The van der Waals surface area contributed by atoms with Crippen molar-refractivity contribution >= 4 is 44.2 Å². The number of aromatic nitrogens is 2. The molecule has 0 radical (unpaired) electrons. The molecule has 2 rings (SSSR count). The molecular formula is C8H4BrIN2O. The fourth-order valence-corrected chi connectivity index (χ4v) is 1.77. The SMILES string of the molecule is O=c1c(I)c(Br)nc2ccccn12. The number of nitrogens with zero attached hydrogens (tertiary/aromatic N) is 2. The molecule has 0 saturated heterocycles. The second kappa shape index (κ2) is 3.38. The summed E-state index contributed by atoms with van der Waals surface area (Å²) in [6.45, 7) is 0. The van der Waals surface area contributed by atoms with Gasteiger partial charge in [-0.1, -0.05) is 6.07 Å². The van der Waals surface area contributed by atoms with E-state index < -0.39 is 0 Å². The minimum absolute atomic E-state index is 0.0434. The summed E-state index contributed by atoms with van der Waals surface area (Å²) in [5.41, 5.74) is 0.609. The van der Waals surface area contributed by atoms with Crippen molar-refractivity contribution in [1.82, 2.24) is 9.38 Å². The summed E-state index contributed by atoms with van der Waals surface area (Å²) in [6.07, 6.45) is 1.71. The fraction of sp³-hybridized carbons (Fsp3) is 0. The van der Waals surface area contributed by atoms with Crippen molar-refractivity contribution in [2.45, 2.75) is 0 Å². The van der Waals surface area contributed by atoms with E-state index >= 15 is 0 Å². The molecule has 0 bridgehead atoms. The molecule has 0 aliphatic carbocycles. The molecule has 2 heterocycles. The van der Waals surface area contributed by atoms with E-state index in [1.807, 2.05) is 28.7 Å². The van der Waals surface area contributed by atoms with Gasteiger partial charge in [0, 0.05) is 6.20 Å². The lowest BCUT2D eigenvalue weighted by Gasteiger charge is -2.00. The number of halogens is 2. The van der Waals surface area contributed by atoms with Gasteiger partial charge in [-0.25, -0.2) is 4.98 Å². The molecule has 0 atom stereocenters. The number of hydrogen-bond donors (Lipinski definition) is 0. The highest BCUT2D eigenvalue weighted by molar-refractivity contribution is 14.1. The lowest BCUT2D eigenvalue weighted by atomic mass is 10.4. The van der Waals surface area contributed by atoms with Gasteiger partial charge in [-0.05, 0) is 50.7 Å². The maximum absolute atomic E-state index is 11.6. The molecule has 0 fully saturated rings. The monoisotopic (exact) mass is 350 g/mol. The molecule has 3 nitrogen and oxygen atoms in total. The Bertz CT molecular complexity index is 523. The Morgan fingerprint density at radius 3 is 3.00 bits per heavy atom. The molecule has 0 aliphatic rings. The van der Waals surface area contributed by atoms with Crippen molar-refractivity contribution in [3.63, 3.8) is 0 Å². The molecule has 2 aromatic rings. The minimum atomic E-state index is -0.0434. The first-order chi connectivity index (χ1) is 6.20.